The van der Waals surface area contributed by atoms with Crippen LogP contribution in [-0.4, -0.2) is 63.1 Å². The number of carbonyl (C=O) groups excluding carboxylic acids is 1. The summed E-state index contributed by atoms with van der Waals surface area (Å²) in [6.45, 7) is 0.461. The van der Waals surface area contributed by atoms with Crippen molar-refractivity contribution in [1.29, 1.82) is 0 Å². The normalized spacial score (nSPS) is 20.9. The lowest BCUT2D eigenvalue weighted by Crippen LogP contribution is -2.53. The number of nitrogens with zero attached hydrogens (tertiary/aromatic N) is 1. The molecule has 1 fully saturated rings. The number of hydrogen-bond acceptors (Lipinski definition) is 5. The first-order valence-corrected chi connectivity index (χ1v) is 7.14. The van der Waals surface area contributed by atoms with Gasteiger partial charge < -0.3 is 20.8 Å². The molecule has 2 atom stereocenters. The molecule has 19 heavy (non-hydrogen) atoms. The highest BCUT2D eigenvalue weighted by atomic mass is 32.2. The lowest BCUT2D eigenvalue weighted by molar-refractivity contribution is -0.140. The van der Waals surface area contributed by atoms with E-state index in [4.69, 9.17) is 15.9 Å². The number of amides is 1. The smallest absolute Gasteiger partial charge is 0.305 e. The van der Waals surface area contributed by atoms with Crippen LogP contribution in [0.15, 0.2) is 0 Å². The molecule has 2 unspecified atom stereocenters. The van der Waals surface area contributed by atoms with Crippen LogP contribution in [0.1, 0.15) is 19.3 Å². The maximum absolute atomic E-state index is 12.1. The van der Waals surface area contributed by atoms with Crippen LogP contribution in [-0.2, 0) is 14.4 Å². The van der Waals surface area contributed by atoms with Crippen LogP contribution in [0.25, 0.3) is 0 Å². The maximum Gasteiger partial charge on any atom is 0.305 e. The second-order valence-electron chi connectivity index (χ2n) is 4.40. The van der Waals surface area contributed by atoms with Crippen molar-refractivity contribution in [2.24, 2.45) is 5.73 Å². The van der Waals surface area contributed by atoms with Crippen molar-refractivity contribution in [3.63, 3.8) is 0 Å². The van der Waals surface area contributed by atoms with Crippen molar-refractivity contribution in [3.8, 4) is 0 Å². The Bertz CT molecular complexity index is 363. The molecule has 1 amide bonds. The second kappa shape index (κ2) is 7.34. The molecule has 1 aliphatic heterocycles. The van der Waals surface area contributed by atoms with E-state index >= 15 is 0 Å². The minimum absolute atomic E-state index is 0.0671. The molecule has 0 aromatic carbocycles. The van der Waals surface area contributed by atoms with E-state index in [-0.39, 0.29) is 31.2 Å². The number of aliphatic carboxylic acids is 2. The summed E-state index contributed by atoms with van der Waals surface area (Å²) >= 11 is 1.60. The van der Waals surface area contributed by atoms with Crippen molar-refractivity contribution in [3.05, 3.63) is 0 Å². The van der Waals surface area contributed by atoms with Crippen molar-refractivity contribution in [1.82, 2.24) is 4.90 Å². The zero-order chi connectivity index (χ0) is 14.4. The van der Waals surface area contributed by atoms with E-state index < -0.39 is 18.0 Å². The molecule has 0 aromatic heterocycles. The standard InChI is InChI=1S/C11H18N2O5S/c12-8(1-2-9(14)15)11(18)13-3-4-19-6-7(13)5-10(16)17/h7-8H,1-6,12H2,(H,14,15)(H,16,17). The first kappa shape index (κ1) is 15.8. The largest absolute Gasteiger partial charge is 0.481 e. The van der Waals surface area contributed by atoms with Gasteiger partial charge in [0.1, 0.15) is 0 Å². The Morgan fingerprint density at radius 2 is 2.00 bits per heavy atom. The van der Waals surface area contributed by atoms with Gasteiger partial charge in [-0.1, -0.05) is 0 Å². The molecule has 7 nitrogen and oxygen atoms in total. The molecule has 108 valence electrons. The van der Waals surface area contributed by atoms with Gasteiger partial charge in [-0.05, 0) is 6.42 Å². The molecule has 0 radical (unpaired) electrons. The number of carboxylic acid groups (broad SMARTS) is 2. The van der Waals surface area contributed by atoms with Crippen LogP contribution < -0.4 is 5.73 Å². The van der Waals surface area contributed by atoms with Crippen LogP contribution in [0, 0.1) is 0 Å². The number of hydrogen-bond donors (Lipinski definition) is 3. The summed E-state index contributed by atoms with van der Waals surface area (Å²) in [6.07, 6.45) is -0.207. The van der Waals surface area contributed by atoms with Gasteiger partial charge in [-0.3, -0.25) is 14.4 Å². The van der Waals surface area contributed by atoms with Gasteiger partial charge in [0, 0.05) is 24.5 Å². The van der Waals surface area contributed by atoms with Crippen molar-refractivity contribution in [2.75, 3.05) is 18.1 Å². The summed E-state index contributed by atoms with van der Waals surface area (Å²) < 4.78 is 0. The van der Waals surface area contributed by atoms with Gasteiger partial charge in [-0.15, -0.1) is 0 Å². The number of carbonyl (C=O) groups is 3. The van der Waals surface area contributed by atoms with Gasteiger partial charge in [-0.25, -0.2) is 0 Å². The minimum atomic E-state index is -1.00. The van der Waals surface area contributed by atoms with Crippen LogP contribution in [0.3, 0.4) is 0 Å². The van der Waals surface area contributed by atoms with Crippen LogP contribution in [0.5, 0.6) is 0 Å². The quantitative estimate of drug-likeness (QED) is 0.608. The average Bonchev–Trinajstić information content (AvgIpc) is 2.35. The summed E-state index contributed by atoms with van der Waals surface area (Å²) in [5.41, 5.74) is 5.68. The lowest BCUT2D eigenvalue weighted by Gasteiger charge is -2.36. The van der Waals surface area contributed by atoms with Crippen molar-refractivity contribution >= 4 is 29.6 Å². The fraction of sp³-hybridized carbons (Fsp3) is 0.727. The van der Waals surface area contributed by atoms with Gasteiger partial charge in [0.2, 0.25) is 5.91 Å². The first-order valence-electron chi connectivity index (χ1n) is 5.99. The predicted octanol–water partition coefficient (Wildman–Crippen LogP) is -0.403. The van der Waals surface area contributed by atoms with Crippen LogP contribution in [0.4, 0.5) is 0 Å². The molecule has 0 aromatic rings. The third kappa shape index (κ3) is 5.07. The minimum Gasteiger partial charge on any atom is -0.481 e. The molecule has 4 N–H and O–H groups in total. The molecule has 1 saturated heterocycles. The summed E-state index contributed by atoms with van der Waals surface area (Å²) in [6, 6.07) is -1.24. The highest BCUT2D eigenvalue weighted by Gasteiger charge is 2.31. The number of nitrogens with two attached hydrogens (primary N) is 1. The third-order valence-electron chi connectivity index (χ3n) is 2.91. The van der Waals surface area contributed by atoms with Gasteiger partial charge in [0.05, 0.1) is 18.5 Å². The van der Waals surface area contributed by atoms with Crippen LogP contribution >= 0.6 is 11.8 Å². The molecule has 0 aliphatic carbocycles. The van der Waals surface area contributed by atoms with Crippen LogP contribution in [0.2, 0.25) is 0 Å². The Hall–Kier alpha value is -1.28. The average molecular weight is 290 g/mol. The highest BCUT2D eigenvalue weighted by molar-refractivity contribution is 7.99. The summed E-state index contributed by atoms with van der Waals surface area (Å²) in [7, 11) is 0. The van der Waals surface area contributed by atoms with E-state index in [0.717, 1.165) is 5.75 Å². The van der Waals surface area contributed by atoms with E-state index in [1.165, 1.54) is 4.90 Å². The van der Waals surface area contributed by atoms with Crippen molar-refractivity contribution in [2.45, 2.75) is 31.3 Å². The molecule has 0 saturated carbocycles. The Morgan fingerprint density at radius 1 is 1.32 bits per heavy atom. The fourth-order valence-electron chi connectivity index (χ4n) is 1.93. The van der Waals surface area contributed by atoms with E-state index in [1.807, 2.05) is 0 Å². The van der Waals surface area contributed by atoms with Gasteiger partial charge in [0.25, 0.3) is 0 Å². The zero-order valence-corrected chi connectivity index (χ0v) is 11.3. The molecule has 1 heterocycles. The predicted molar refractivity (Wildman–Crippen MR) is 69.9 cm³/mol. The van der Waals surface area contributed by atoms with Gasteiger partial charge in [0.15, 0.2) is 0 Å². The number of carboxylic acids is 2. The second-order valence-corrected chi connectivity index (χ2v) is 5.55. The number of rotatable bonds is 6. The Morgan fingerprint density at radius 3 is 2.58 bits per heavy atom. The molecular formula is C11H18N2O5S. The first-order chi connectivity index (χ1) is 8.91. The van der Waals surface area contributed by atoms with E-state index in [2.05, 4.69) is 0 Å². The highest BCUT2D eigenvalue weighted by Crippen LogP contribution is 2.20. The fourth-order valence-corrected chi connectivity index (χ4v) is 2.99. The summed E-state index contributed by atoms with van der Waals surface area (Å²) in [4.78, 5) is 34.8. The van der Waals surface area contributed by atoms with Crippen molar-refractivity contribution < 1.29 is 24.6 Å². The maximum atomic E-state index is 12.1. The Kier molecular flexibility index (Phi) is 6.10. The van der Waals surface area contributed by atoms with Gasteiger partial charge in [-0.2, -0.15) is 11.8 Å². The SMILES string of the molecule is NC(CCC(=O)O)C(=O)N1CCSCC1CC(=O)O. The van der Waals surface area contributed by atoms with Gasteiger partial charge >= 0.3 is 11.9 Å². The topological polar surface area (TPSA) is 121 Å². The molecule has 1 rings (SSSR count). The molecule has 0 bridgehead atoms. The molecular weight excluding hydrogens is 272 g/mol. The summed E-state index contributed by atoms with van der Waals surface area (Å²) in [5, 5.41) is 17.4. The summed E-state index contributed by atoms with van der Waals surface area (Å²) in [5.74, 6) is -0.992. The Labute approximate surface area is 115 Å². The lowest BCUT2D eigenvalue weighted by atomic mass is 10.1. The zero-order valence-electron chi connectivity index (χ0n) is 10.4. The van der Waals surface area contributed by atoms with E-state index in [9.17, 15) is 14.4 Å². The monoisotopic (exact) mass is 290 g/mol. The van der Waals surface area contributed by atoms with E-state index in [1.54, 1.807) is 11.8 Å². The number of thioether (sulfide) groups is 1. The Balaban J connectivity index is 2.60. The molecule has 8 heteroatoms. The third-order valence-corrected chi connectivity index (χ3v) is 4.00. The molecule has 0 spiro atoms. The molecule has 1 aliphatic rings. The van der Waals surface area contributed by atoms with E-state index in [0.29, 0.717) is 12.3 Å².